The summed E-state index contributed by atoms with van der Waals surface area (Å²) in [4.78, 5) is 23.3. The van der Waals surface area contributed by atoms with Crippen LogP contribution in [0, 0.1) is 0 Å². The van der Waals surface area contributed by atoms with Crippen LogP contribution in [0.3, 0.4) is 0 Å². The summed E-state index contributed by atoms with van der Waals surface area (Å²) in [6, 6.07) is -0.705. The van der Waals surface area contributed by atoms with Crippen LogP contribution in [0.15, 0.2) is 0 Å². The lowest BCUT2D eigenvalue weighted by atomic mass is 10.1. The quantitative estimate of drug-likeness (QED) is 0.347. The second-order valence-electron chi connectivity index (χ2n) is 8.27. The first-order valence-electron chi connectivity index (χ1n) is 11.3. The Kier molecular flexibility index (Phi) is 22.7. The van der Waals surface area contributed by atoms with Crippen molar-refractivity contribution in [3.63, 3.8) is 0 Å². The summed E-state index contributed by atoms with van der Waals surface area (Å²) < 4.78 is 0. The normalized spacial score (nSPS) is 11.5. The third kappa shape index (κ3) is 29.5. The Hall–Kier alpha value is -1.30. The van der Waals surface area contributed by atoms with Crippen LogP contribution in [-0.4, -0.2) is 45.7 Å². The molecule has 0 radical (unpaired) electrons. The van der Waals surface area contributed by atoms with Crippen molar-refractivity contribution in [1.82, 2.24) is 10.6 Å². The van der Waals surface area contributed by atoms with Gasteiger partial charge in [0.05, 0.1) is 21.1 Å². The first kappa shape index (κ1) is 28.9. The first-order chi connectivity index (χ1) is 13.3. The molecule has 0 unspecified atom stereocenters. The van der Waals surface area contributed by atoms with E-state index in [2.05, 4.69) is 38.7 Å². The third-order valence-corrected chi connectivity index (χ3v) is 4.17. The number of amides is 2. The van der Waals surface area contributed by atoms with E-state index in [9.17, 15) is 14.7 Å². The van der Waals surface area contributed by atoms with Crippen LogP contribution in [0.25, 0.3) is 0 Å². The lowest BCUT2D eigenvalue weighted by molar-refractivity contribution is -0.836. The van der Waals surface area contributed by atoms with E-state index in [1.165, 1.54) is 69.1 Å². The van der Waals surface area contributed by atoms with Crippen LogP contribution in [0.2, 0.25) is 0 Å². The minimum Gasteiger partial charge on any atom is -0.550 e. The number of unbranched alkanes of at least 4 members (excludes halogenated alkanes) is 11. The zero-order chi connectivity index (χ0) is 21.6. The molecule has 0 aromatic heterocycles. The molecule has 1 atom stereocenters. The van der Waals surface area contributed by atoms with Gasteiger partial charge in [0.15, 0.2) is 0 Å². The van der Waals surface area contributed by atoms with Gasteiger partial charge in [-0.05, 0) is 13.3 Å². The second-order valence-corrected chi connectivity index (χ2v) is 8.27. The summed E-state index contributed by atoms with van der Waals surface area (Å²) in [5.74, 6) is -1.15. The molecule has 0 aliphatic rings. The van der Waals surface area contributed by atoms with Crippen LogP contribution in [-0.2, 0) is 4.79 Å². The van der Waals surface area contributed by atoms with E-state index in [1.54, 1.807) is 6.92 Å². The number of hydrogen-bond donors (Lipinski definition) is 3. The monoisotopic (exact) mass is 401 g/mol. The summed E-state index contributed by atoms with van der Waals surface area (Å²) in [5.41, 5.74) is 0. The van der Waals surface area contributed by atoms with Gasteiger partial charge in [0.1, 0.15) is 0 Å². The summed E-state index contributed by atoms with van der Waals surface area (Å²) in [7, 11) is 6.25. The molecule has 0 aliphatic heterocycles. The average molecular weight is 402 g/mol. The van der Waals surface area contributed by atoms with Crippen LogP contribution in [0.4, 0.5) is 4.79 Å². The fourth-order valence-electron chi connectivity index (χ4n) is 2.74. The molecule has 0 aliphatic carbocycles. The summed E-state index contributed by atoms with van der Waals surface area (Å²) in [5, 5.41) is 15.7. The van der Waals surface area contributed by atoms with Crippen LogP contribution >= 0.6 is 0 Å². The van der Waals surface area contributed by atoms with Crippen LogP contribution in [0.5, 0.6) is 0 Å². The van der Waals surface area contributed by atoms with Gasteiger partial charge in [0, 0.05) is 25.0 Å². The topological polar surface area (TPSA) is 85.7 Å². The summed E-state index contributed by atoms with van der Waals surface area (Å²) >= 11 is 0. The van der Waals surface area contributed by atoms with Crippen molar-refractivity contribution in [2.24, 2.45) is 0 Å². The molecule has 0 saturated carbocycles. The Bertz CT molecular complexity index is 360. The Balaban J connectivity index is 0. The number of carboxylic acid groups (broad SMARTS) is 1. The summed E-state index contributed by atoms with van der Waals surface area (Å²) in [6.07, 6.45) is 15.3. The van der Waals surface area contributed by atoms with Crippen molar-refractivity contribution in [2.75, 3.05) is 27.7 Å². The van der Waals surface area contributed by atoms with E-state index in [0.717, 1.165) is 12.8 Å². The zero-order valence-electron chi connectivity index (χ0n) is 19.2. The van der Waals surface area contributed by atoms with Gasteiger partial charge in [-0.25, -0.2) is 4.79 Å². The van der Waals surface area contributed by atoms with Crippen molar-refractivity contribution in [3.8, 4) is 0 Å². The van der Waals surface area contributed by atoms with Gasteiger partial charge in [-0.1, -0.05) is 77.6 Å². The zero-order valence-corrected chi connectivity index (χ0v) is 19.2. The van der Waals surface area contributed by atoms with Crippen molar-refractivity contribution in [2.45, 2.75) is 103 Å². The summed E-state index contributed by atoms with van der Waals surface area (Å²) in [6.45, 7) is 4.54. The highest BCUT2D eigenvalue weighted by molar-refractivity contribution is 5.75. The van der Waals surface area contributed by atoms with Crippen molar-refractivity contribution in [1.29, 1.82) is 0 Å². The van der Waals surface area contributed by atoms with Crippen LogP contribution < -0.4 is 20.6 Å². The highest BCUT2D eigenvalue weighted by Crippen LogP contribution is 2.11. The number of carbonyl (C=O) groups is 2. The maximum absolute atomic E-state index is 11.5. The van der Waals surface area contributed by atoms with E-state index in [4.69, 9.17) is 0 Å². The molecule has 0 rings (SSSR count). The molecular formula is C22H47N3O3. The maximum atomic E-state index is 11.5. The van der Waals surface area contributed by atoms with Gasteiger partial charge in [0.25, 0.3) is 0 Å². The highest BCUT2D eigenvalue weighted by Gasteiger charge is 2.06. The van der Waals surface area contributed by atoms with Gasteiger partial charge < -0.3 is 25.4 Å². The van der Waals surface area contributed by atoms with E-state index in [0.29, 0.717) is 6.54 Å². The number of quaternary nitrogens is 1. The molecule has 0 saturated heterocycles. The second kappa shape index (κ2) is 22.0. The van der Waals surface area contributed by atoms with E-state index < -0.39 is 12.0 Å². The molecule has 3 N–H and O–H groups in total. The maximum Gasteiger partial charge on any atom is 0.315 e. The van der Waals surface area contributed by atoms with Gasteiger partial charge >= 0.3 is 6.03 Å². The third-order valence-electron chi connectivity index (χ3n) is 4.17. The standard InChI is InChI=1S/C19H38N2O3.C3H9N/c1-3-4-5-6-7-8-9-10-11-12-13-14-15-20-19(24)21-17(2)16-18(22)23;1-4(2)3/h17H,3-16H2,1-2H3,(H,22,23)(H2,20,21,24);1-3H3/t17-;/m1./s1. The molecule has 168 valence electrons. The van der Waals surface area contributed by atoms with Crippen LogP contribution in [0.1, 0.15) is 97.3 Å². The minimum absolute atomic E-state index is 0.161. The smallest absolute Gasteiger partial charge is 0.315 e. The fraction of sp³-hybridized carbons (Fsp3) is 0.909. The van der Waals surface area contributed by atoms with E-state index in [1.807, 2.05) is 0 Å². The van der Waals surface area contributed by atoms with Gasteiger partial charge in [0.2, 0.25) is 0 Å². The lowest BCUT2D eigenvalue weighted by Crippen LogP contribution is -3.02. The Labute approximate surface area is 173 Å². The molecule has 0 fully saturated rings. The minimum atomic E-state index is -1.15. The number of nitrogens with one attached hydrogen (secondary N) is 3. The van der Waals surface area contributed by atoms with E-state index >= 15 is 0 Å². The molecular weight excluding hydrogens is 354 g/mol. The van der Waals surface area contributed by atoms with E-state index in [-0.39, 0.29) is 12.5 Å². The molecule has 0 aromatic carbocycles. The highest BCUT2D eigenvalue weighted by atomic mass is 16.4. The Morgan fingerprint density at radius 1 is 0.821 bits per heavy atom. The molecule has 0 bridgehead atoms. The number of hydrogen-bond acceptors (Lipinski definition) is 3. The Morgan fingerprint density at radius 2 is 1.21 bits per heavy atom. The molecule has 28 heavy (non-hydrogen) atoms. The number of carboxylic acids is 1. The number of urea groups is 1. The molecule has 0 spiro atoms. The van der Waals surface area contributed by atoms with Crippen molar-refractivity contribution in [3.05, 3.63) is 0 Å². The SMILES string of the molecule is CCCCCCCCCCCCCCNC(=O)N[C@H](C)CC(=O)[O-].C[NH+](C)C. The fourth-order valence-corrected chi connectivity index (χ4v) is 2.74. The average Bonchev–Trinajstić information content (AvgIpc) is 2.57. The van der Waals surface area contributed by atoms with Gasteiger partial charge in [-0.2, -0.15) is 0 Å². The molecule has 6 nitrogen and oxygen atoms in total. The molecule has 0 aromatic rings. The molecule has 0 heterocycles. The number of aliphatic carboxylic acids is 1. The molecule has 6 heteroatoms. The van der Waals surface area contributed by atoms with Crippen molar-refractivity contribution >= 4 is 12.0 Å². The largest absolute Gasteiger partial charge is 0.550 e. The van der Waals surface area contributed by atoms with Crippen molar-refractivity contribution < 1.29 is 19.6 Å². The predicted octanol–water partition coefficient (Wildman–Crippen LogP) is 2.28. The van der Waals surface area contributed by atoms with Gasteiger partial charge in [-0.15, -0.1) is 0 Å². The lowest BCUT2D eigenvalue weighted by Gasteiger charge is -2.14. The molecule has 2 amide bonds. The number of carbonyl (C=O) groups excluding carboxylic acids is 2. The van der Waals surface area contributed by atoms with Gasteiger partial charge in [-0.3, -0.25) is 0 Å². The predicted molar refractivity (Wildman–Crippen MR) is 115 cm³/mol. The Morgan fingerprint density at radius 3 is 1.61 bits per heavy atom. The first-order valence-corrected chi connectivity index (χ1v) is 11.3. The number of rotatable bonds is 16.